The standard InChI is InChI=1S/C22H19ClN2O4S/c1-30(28,29)20-6-2-4-16-17(20)11-12-19(16)25-13-3-5-18(22(25)27)21(26)24-15-9-7-14(23)8-10-15/h2-10,13,19H,11-12H2,1H3,(H,24,26). The molecule has 0 fully saturated rings. The smallest absolute Gasteiger partial charge is 0.263 e. The Bertz CT molecular complexity index is 1300. The summed E-state index contributed by atoms with van der Waals surface area (Å²) in [7, 11) is -3.36. The van der Waals surface area contributed by atoms with Crippen LogP contribution < -0.4 is 10.9 Å². The second-order valence-corrected chi connectivity index (χ2v) is 9.67. The maximum Gasteiger partial charge on any atom is 0.263 e. The minimum Gasteiger partial charge on any atom is -0.322 e. The van der Waals surface area contributed by atoms with Crippen molar-refractivity contribution >= 4 is 33.0 Å². The lowest BCUT2D eigenvalue weighted by Gasteiger charge is -2.17. The lowest BCUT2D eigenvalue weighted by Crippen LogP contribution is -2.31. The number of aromatic nitrogens is 1. The van der Waals surface area contributed by atoms with E-state index in [9.17, 15) is 18.0 Å². The molecule has 1 aromatic heterocycles. The molecule has 4 rings (SSSR count). The van der Waals surface area contributed by atoms with E-state index in [0.717, 1.165) is 11.1 Å². The Morgan fingerprint density at radius 2 is 1.83 bits per heavy atom. The number of benzene rings is 2. The molecule has 0 bridgehead atoms. The molecule has 2 aromatic carbocycles. The van der Waals surface area contributed by atoms with Crippen LogP contribution in [0.25, 0.3) is 0 Å². The van der Waals surface area contributed by atoms with Gasteiger partial charge in [-0.2, -0.15) is 0 Å². The van der Waals surface area contributed by atoms with Crippen molar-refractivity contribution in [3.05, 3.63) is 92.9 Å². The Kier molecular flexibility index (Phi) is 5.26. The molecule has 3 aromatic rings. The molecule has 154 valence electrons. The van der Waals surface area contributed by atoms with E-state index in [1.54, 1.807) is 48.7 Å². The fourth-order valence-corrected chi connectivity index (χ4v) is 5.01. The van der Waals surface area contributed by atoms with Crippen molar-refractivity contribution in [1.29, 1.82) is 0 Å². The topological polar surface area (TPSA) is 85.2 Å². The fraction of sp³-hybridized carbons (Fsp3) is 0.182. The highest BCUT2D eigenvalue weighted by atomic mass is 35.5. The summed E-state index contributed by atoms with van der Waals surface area (Å²) in [6, 6.07) is 14.5. The Labute approximate surface area is 179 Å². The highest BCUT2D eigenvalue weighted by molar-refractivity contribution is 7.90. The molecule has 1 heterocycles. The molecule has 1 aliphatic carbocycles. The average molecular weight is 443 g/mol. The molecule has 6 nitrogen and oxygen atoms in total. The van der Waals surface area contributed by atoms with Gasteiger partial charge in [0.2, 0.25) is 0 Å². The Morgan fingerprint density at radius 1 is 1.10 bits per heavy atom. The van der Waals surface area contributed by atoms with Gasteiger partial charge in [0.25, 0.3) is 11.5 Å². The molecule has 1 amide bonds. The molecule has 0 aliphatic heterocycles. The van der Waals surface area contributed by atoms with E-state index in [2.05, 4.69) is 5.32 Å². The fourth-order valence-electron chi connectivity index (χ4n) is 3.90. The first-order chi connectivity index (χ1) is 14.3. The van der Waals surface area contributed by atoms with Gasteiger partial charge in [-0.3, -0.25) is 9.59 Å². The minimum atomic E-state index is -3.36. The van der Waals surface area contributed by atoms with Crippen LogP contribution in [0.4, 0.5) is 5.69 Å². The zero-order valence-corrected chi connectivity index (χ0v) is 17.7. The molecule has 0 radical (unpaired) electrons. The van der Waals surface area contributed by atoms with Crippen LogP contribution >= 0.6 is 11.6 Å². The van der Waals surface area contributed by atoms with Gasteiger partial charge in [-0.1, -0.05) is 23.7 Å². The maximum atomic E-state index is 13.1. The van der Waals surface area contributed by atoms with Crippen molar-refractivity contribution in [3.63, 3.8) is 0 Å². The molecule has 0 spiro atoms. The van der Waals surface area contributed by atoms with Gasteiger partial charge in [0.05, 0.1) is 10.9 Å². The van der Waals surface area contributed by atoms with E-state index >= 15 is 0 Å². The lowest BCUT2D eigenvalue weighted by atomic mass is 10.1. The maximum absolute atomic E-state index is 13.1. The van der Waals surface area contributed by atoms with Crippen LogP contribution in [0.1, 0.15) is 33.9 Å². The summed E-state index contributed by atoms with van der Waals surface area (Å²) in [6.07, 6.45) is 3.96. The average Bonchev–Trinajstić information content (AvgIpc) is 3.13. The Hall–Kier alpha value is -2.90. The van der Waals surface area contributed by atoms with Crippen LogP contribution in [0.15, 0.2) is 70.5 Å². The van der Waals surface area contributed by atoms with Gasteiger partial charge in [-0.15, -0.1) is 0 Å². The van der Waals surface area contributed by atoms with Crippen molar-refractivity contribution in [2.75, 3.05) is 11.6 Å². The minimum absolute atomic E-state index is 0.0140. The van der Waals surface area contributed by atoms with E-state index in [0.29, 0.717) is 28.4 Å². The van der Waals surface area contributed by atoms with E-state index in [1.807, 2.05) is 6.07 Å². The van der Waals surface area contributed by atoms with E-state index in [-0.39, 0.29) is 11.6 Å². The van der Waals surface area contributed by atoms with Gasteiger partial charge in [0, 0.05) is 23.2 Å². The van der Waals surface area contributed by atoms with Crippen LogP contribution in [-0.4, -0.2) is 25.1 Å². The van der Waals surface area contributed by atoms with Crippen LogP contribution in [0.2, 0.25) is 5.02 Å². The lowest BCUT2D eigenvalue weighted by molar-refractivity contribution is 0.102. The third-order valence-corrected chi connectivity index (χ3v) is 6.69. The number of halogens is 1. The van der Waals surface area contributed by atoms with Crippen molar-refractivity contribution in [2.45, 2.75) is 23.8 Å². The second kappa shape index (κ2) is 7.74. The number of amides is 1. The summed E-state index contributed by atoms with van der Waals surface area (Å²) in [5, 5.41) is 3.25. The molecular formula is C22H19ClN2O4S. The highest BCUT2D eigenvalue weighted by Crippen LogP contribution is 2.37. The molecule has 1 N–H and O–H groups in total. The monoisotopic (exact) mass is 442 g/mol. The molecule has 1 unspecified atom stereocenters. The first-order valence-electron chi connectivity index (χ1n) is 9.35. The molecule has 0 saturated heterocycles. The Morgan fingerprint density at radius 3 is 2.53 bits per heavy atom. The number of carbonyl (C=O) groups excluding carboxylic acids is 1. The van der Waals surface area contributed by atoms with Gasteiger partial charge >= 0.3 is 0 Å². The van der Waals surface area contributed by atoms with Gasteiger partial charge in [-0.05, 0) is 66.4 Å². The number of hydrogen-bond donors (Lipinski definition) is 1. The quantitative estimate of drug-likeness (QED) is 0.667. The number of nitrogens with one attached hydrogen (secondary N) is 1. The van der Waals surface area contributed by atoms with Gasteiger partial charge in [0.1, 0.15) is 5.56 Å². The summed E-state index contributed by atoms with van der Waals surface area (Å²) >= 11 is 5.86. The summed E-state index contributed by atoms with van der Waals surface area (Å²) in [5.74, 6) is -0.514. The second-order valence-electron chi connectivity index (χ2n) is 7.25. The highest BCUT2D eigenvalue weighted by Gasteiger charge is 2.29. The molecule has 1 aliphatic rings. The third kappa shape index (κ3) is 3.78. The number of nitrogens with zero attached hydrogens (tertiary/aromatic N) is 1. The summed E-state index contributed by atoms with van der Waals surface area (Å²) in [4.78, 5) is 26.1. The third-order valence-electron chi connectivity index (χ3n) is 5.25. The van der Waals surface area contributed by atoms with Crippen LogP contribution in [-0.2, 0) is 16.3 Å². The zero-order chi connectivity index (χ0) is 21.5. The number of carbonyl (C=O) groups is 1. The van der Waals surface area contributed by atoms with Crippen LogP contribution in [0, 0.1) is 0 Å². The number of pyridine rings is 1. The number of sulfone groups is 1. The summed E-state index contributed by atoms with van der Waals surface area (Å²) < 4.78 is 25.7. The largest absolute Gasteiger partial charge is 0.322 e. The predicted octanol–water partition coefficient (Wildman–Crippen LogP) is 3.69. The van der Waals surface area contributed by atoms with E-state index < -0.39 is 21.3 Å². The number of fused-ring (bicyclic) bond motifs is 1. The van der Waals surface area contributed by atoms with Crippen molar-refractivity contribution in [2.24, 2.45) is 0 Å². The molecule has 30 heavy (non-hydrogen) atoms. The molecule has 8 heteroatoms. The van der Waals surface area contributed by atoms with E-state index in [4.69, 9.17) is 11.6 Å². The normalized spacial score (nSPS) is 15.6. The molecular weight excluding hydrogens is 424 g/mol. The number of rotatable bonds is 4. The van der Waals surface area contributed by atoms with Gasteiger partial charge in [-0.25, -0.2) is 8.42 Å². The molecule has 1 atom stereocenters. The van der Waals surface area contributed by atoms with Crippen LogP contribution in [0.3, 0.4) is 0 Å². The summed E-state index contributed by atoms with van der Waals surface area (Å²) in [6.45, 7) is 0. The van der Waals surface area contributed by atoms with Crippen molar-refractivity contribution in [1.82, 2.24) is 4.57 Å². The number of anilines is 1. The van der Waals surface area contributed by atoms with Gasteiger partial charge < -0.3 is 9.88 Å². The first-order valence-corrected chi connectivity index (χ1v) is 11.6. The van der Waals surface area contributed by atoms with E-state index in [1.165, 1.54) is 16.9 Å². The van der Waals surface area contributed by atoms with Crippen molar-refractivity contribution < 1.29 is 13.2 Å². The van der Waals surface area contributed by atoms with Gasteiger partial charge in [0.15, 0.2) is 9.84 Å². The first kappa shape index (κ1) is 20.4. The summed E-state index contributed by atoms with van der Waals surface area (Å²) in [5.41, 5.74) is 1.66. The predicted molar refractivity (Wildman–Crippen MR) is 116 cm³/mol. The molecule has 0 saturated carbocycles. The zero-order valence-electron chi connectivity index (χ0n) is 16.1. The Balaban J connectivity index is 1.70. The SMILES string of the molecule is CS(=O)(=O)c1cccc2c1CCC2n1cccc(C(=O)Nc2ccc(Cl)cc2)c1=O. The number of hydrogen-bond acceptors (Lipinski definition) is 4. The van der Waals surface area contributed by atoms with Crippen LogP contribution in [0.5, 0.6) is 0 Å². The van der Waals surface area contributed by atoms with Crippen molar-refractivity contribution in [3.8, 4) is 0 Å².